The lowest BCUT2D eigenvalue weighted by Crippen LogP contribution is -2.04. The van der Waals surface area contributed by atoms with Crippen LogP contribution in [0.15, 0.2) is 35.9 Å². The Hall–Kier alpha value is -1.37. The molecule has 0 N–H and O–H groups in total. The van der Waals surface area contributed by atoms with Crippen LogP contribution in [0.3, 0.4) is 0 Å². The van der Waals surface area contributed by atoms with E-state index < -0.39 is 0 Å². The number of carbonyl (C=O) groups excluding carboxylic acids is 1. The van der Waals surface area contributed by atoms with E-state index in [0.717, 1.165) is 17.6 Å². The molecule has 0 bridgehead atoms. The lowest BCUT2D eigenvalue weighted by atomic mass is 9.91. The third-order valence-electron chi connectivity index (χ3n) is 2.81. The van der Waals surface area contributed by atoms with E-state index in [1.807, 2.05) is 36.4 Å². The largest absolute Gasteiger partial charge is 0.295 e. The van der Waals surface area contributed by atoms with Gasteiger partial charge in [0.25, 0.3) is 0 Å². The first-order valence-corrected chi connectivity index (χ1v) is 5.36. The molecule has 1 aliphatic carbocycles. The summed E-state index contributed by atoms with van der Waals surface area (Å²) >= 11 is 0. The molecule has 15 heavy (non-hydrogen) atoms. The highest BCUT2D eigenvalue weighted by Crippen LogP contribution is 2.38. The molecule has 0 amide bonds. The fraction of sp³-hybridized carbons (Fsp3) is 0.357. The molecular weight excluding hydrogens is 184 g/mol. The zero-order valence-electron chi connectivity index (χ0n) is 9.29. The van der Waals surface area contributed by atoms with E-state index in [0.29, 0.717) is 12.2 Å². The van der Waals surface area contributed by atoms with Crippen LogP contribution in [-0.4, -0.2) is 5.78 Å². The summed E-state index contributed by atoms with van der Waals surface area (Å²) in [7, 11) is 0. The van der Waals surface area contributed by atoms with Crippen LogP contribution in [0.1, 0.15) is 32.3 Å². The molecule has 78 valence electrons. The van der Waals surface area contributed by atoms with Crippen LogP contribution >= 0.6 is 0 Å². The minimum Gasteiger partial charge on any atom is -0.295 e. The highest BCUT2D eigenvalue weighted by Gasteiger charge is 2.33. The average molecular weight is 200 g/mol. The molecule has 1 heteroatoms. The van der Waals surface area contributed by atoms with Gasteiger partial charge in [-0.25, -0.2) is 0 Å². The maximum Gasteiger partial charge on any atom is 0.159 e. The number of carbonyl (C=O) groups is 1. The molecular formula is C14H16O. The predicted octanol–water partition coefficient (Wildman–Crippen LogP) is 3.46. The van der Waals surface area contributed by atoms with Gasteiger partial charge in [-0.2, -0.15) is 0 Å². The van der Waals surface area contributed by atoms with E-state index in [-0.39, 0.29) is 5.41 Å². The van der Waals surface area contributed by atoms with Crippen LogP contribution in [-0.2, 0) is 4.79 Å². The number of hydrogen-bond acceptors (Lipinski definition) is 1. The standard InChI is InChI=1S/C14H16O/c1-14(2)9-12(13(15)10-14)8-11-6-4-3-5-7-11/h3-8H,9-10H2,1-2H3/b12-8+. The van der Waals surface area contributed by atoms with Crippen molar-refractivity contribution in [2.45, 2.75) is 26.7 Å². The summed E-state index contributed by atoms with van der Waals surface area (Å²) in [5, 5.41) is 0. The molecule has 1 nitrogen and oxygen atoms in total. The number of hydrogen-bond donors (Lipinski definition) is 0. The number of benzene rings is 1. The first-order valence-electron chi connectivity index (χ1n) is 5.36. The molecule has 1 aromatic rings. The number of Topliss-reactive ketones (excluding diaryl/α,β-unsaturated/α-hetero) is 1. The third-order valence-corrected chi connectivity index (χ3v) is 2.81. The van der Waals surface area contributed by atoms with Crippen LogP contribution in [0.4, 0.5) is 0 Å². The van der Waals surface area contributed by atoms with Gasteiger partial charge in [-0.1, -0.05) is 44.2 Å². The van der Waals surface area contributed by atoms with E-state index in [2.05, 4.69) is 13.8 Å². The molecule has 0 heterocycles. The zero-order valence-corrected chi connectivity index (χ0v) is 9.29. The Kier molecular flexibility index (Phi) is 2.47. The summed E-state index contributed by atoms with van der Waals surface area (Å²) in [5.74, 6) is 0.309. The SMILES string of the molecule is CC1(C)CC(=O)/C(=C/c2ccccc2)C1. The van der Waals surface area contributed by atoms with Crippen LogP contribution in [0.5, 0.6) is 0 Å². The fourth-order valence-corrected chi connectivity index (χ4v) is 2.11. The lowest BCUT2D eigenvalue weighted by Gasteiger charge is -2.12. The summed E-state index contributed by atoms with van der Waals surface area (Å²) in [6.45, 7) is 4.30. The Morgan fingerprint density at radius 2 is 1.80 bits per heavy atom. The molecule has 1 saturated carbocycles. The van der Waals surface area contributed by atoms with Crippen molar-refractivity contribution in [3.8, 4) is 0 Å². The molecule has 1 aromatic carbocycles. The van der Waals surface area contributed by atoms with Crippen molar-refractivity contribution in [2.75, 3.05) is 0 Å². The van der Waals surface area contributed by atoms with Gasteiger partial charge < -0.3 is 0 Å². The quantitative estimate of drug-likeness (QED) is 0.634. The molecule has 1 fully saturated rings. The number of ketones is 1. The summed E-state index contributed by atoms with van der Waals surface area (Å²) in [6, 6.07) is 10.0. The number of allylic oxidation sites excluding steroid dienone is 1. The smallest absolute Gasteiger partial charge is 0.159 e. The molecule has 0 aliphatic heterocycles. The molecule has 0 radical (unpaired) electrons. The van der Waals surface area contributed by atoms with E-state index in [9.17, 15) is 4.79 Å². The number of rotatable bonds is 1. The van der Waals surface area contributed by atoms with Crippen molar-refractivity contribution < 1.29 is 4.79 Å². The van der Waals surface area contributed by atoms with Crippen molar-refractivity contribution in [1.82, 2.24) is 0 Å². The van der Waals surface area contributed by atoms with Gasteiger partial charge >= 0.3 is 0 Å². The maximum absolute atomic E-state index is 11.7. The second kappa shape index (κ2) is 3.65. The summed E-state index contributed by atoms with van der Waals surface area (Å²) in [4.78, 5) is 11.7. The summed E-state index contributed by atoms with van der Waals surface area (Å²) in [6.07, 6.45) is 3.61. The van der Waals surface area contributed by atoms with Gasteiger partial charge in [-0.15, -0.1) is 0 Å². The van der Waals surface area contributed by atoms with Gasteiger partial charge in [-0.05, 0) is 29.0 Å². The average Bonchev–Trinajstić information content (AvgIpc) is 2.41. The van der Waals surface area contributed by atoms with Crippen LogP contribution < -0.4 is 0 Å². The van der Waals surface area contributed by atoms with E-state index >= 15 is 0 Å². The highest BCUT2D eigenvalue weighted by atomic mass is 16.1. The Bertz CT molecular complexity index is 399. The van der Waals surface area contributed by atoms with E-state index in [4.69, 9.17) is 0 Å². The van der Waals surface area contributed by atoms with Gasteiger partial charge in [-0.3, -0.25) is 4.79 Å². The second-order valence-electron chi connectivity index (χ2n) is 5.02. The van der Waals surface area contributed by atoms with Crippen LogP contribution in [0.2, 0.25) is 0 Å². The van der Waals surface area contributed by atoms with Gasteiger partial charge in [0.15, 0.2) is 5.78 Å². The van der Waals surface area contributed by atoms with Gasteiger partial charge in [0.2, 0.25) is 0 Å². The van der Waals surface area contributed by atoms with Crippen LogP contribution in [0, 0.1) is 5.41 Å². The van der Waals surface area contributed by atoms with Crippen molar-refractivity contribution in [3.05, 3.63) is 41.5 Å². The summed E-state index contributed by atoms with van der Waals surface area (Å²) < 4.78 is 0. The minimum atomic E-state index is 0.150. The molecule has 0 unspecified atom stereocenters. The Balaban J connectivity index is 2.26. The molecule has 0 saturated heterocycles. The molecule has 0 spiro atoms. The molecule has 0 aromatic heterocycles. The lowest BCUT2D eigenvalue weighted by molar-refractivity contribution is -0.115. The monoisotopic (exact) mass is 200 g/mol. The molecule has 0 atom stereocenters. The Labute approximate surface area is 90.8 Å². The van der Waals surface area contributed by atoms with Crippen molar-refractivity contribution in [2.24, 2.45) is 5.41 Å². The maximum atomic E-state index is 11.7. The third kappa shape index (κ3) is 2.35. The fourth-order valence-electron chi connectivity index (χ4n) is 2.11. The Morgan fingerprint density at radius 1 is 1.13 bits per heavy atom. The normalized spacial score (nSPS) is 22.3. The summed E-state index contributed by atoms with van der Waals surface area (Å²) in [5.41, 5.74) is 2.25. The molecule has 1 aliphatic rings. The topological polar surface area (TPSA) is 17.1 Å². The van der Waals surface area contributed by atoms with Crippen molar-refractivity contribution in [1.29, 1.82) is 0 Å². The second-order valence-corrected chi connectivity index (χ2v) is 5.02. The van der Waals surface area contributed by atoms with Crippen molar-refractivity contribution >= 4 is 11.9 Å². The Morgan fingerprint density at radius 3 is 2.33 bits per heavy atom. The first kappa shape index (κ1) is 10.2. The van der Waals surface area contributed by atoms with Crippen molar-refractivity contribution in [3.63, 3.8) is 0 Å². The van der Waals surface area contributed by atoms with E-state index in [1.54, 1.807) is 0 Å². The van der Waals surface area contributed by atoms with E-state index in [1.165, 1.54) is 0 Å². The minimum absolute atomic E-state index is 0.150. The van der Waals surface area contributed by atoms with Gasteiger partial charge in [0.1, 0.15) is 0 Å². The zero-order chi connectivity index (χ0) is 10.9. The first-order chi connectivity index (χ1) is 7.07. The highest BCUT2D eigenvalue weighted by molar-refractivity contribution is 6.02. The van der Waals surface area contributed by atoms with Gasteiger partial charge in [0.05, 0.1) is 0 Å². The molecule has 2 rings (SSSR count). The van der Waals surface area contributed by atoms with Gasteiger partial charge in [0, 0.05) is 6.42 Å². The predicted molar refractivity (Wildman–Crippen MR) is 62.4 cm³/mol. The van der Waals surface area contributed by atoms with Crippen LogP contribution in [0.25, 0.3) is 6.08 Å².